The molecule has 0 radical (unpaired) electrons. The minimum Gasteiger partial charge on any atom is -0.310 e. The molecule has 55 heavy (non-hydrogen) atoms. The molecule has 0 aliphatic carbocycles. The Balaban J connectivity index is 1.24. The van der Waals surface area contributed by atoms with E-state index in [1.165, 1.54) is 21.5 Å². The van der Waals surface area contributed by atoms with Crippen LogP contribution in [0.3, 0.4) is 0 Å². The van der Waals surface area contributed by atoms with Crippen LogP contribution in [0.25, 0.3) is 66.6 Å². The number of para-hydroxylation sites is 4. The lowest BCUT2D eigenvalue weighted by molar-refractivity contribution is 0.878. The molecule has 5 aromatic heterocycles. The number of hydrogen-bond donors (Lipinski definition) is 0. The van der Waals surface area contributed by atoms with Gasteiger partial charge in [0.1, 0.15) is 11.6 Å². The number of hydrogen-bond acceptors (Lipinski definition) is 4. The Labute approximate surface area is 316 Å². The van der Waals surface area contributed by atoms with Crippen LogP contribution in [-0.4, -0.2) is 33.7 Å². The SMILES string of the molecule is c1cc(N(c2cccc(-n3cccn3)c2)c2cc(-n3c4ccccc4c4ccccc43)nc(-n3c4ccccc4c4ccccc43)c2)cc(-n2cccn2)c1. The summed E-state index contributed by atoms with van der Waals surface area (Å²) in [7, 11) is 0. The maximum atomic E-state index is 5.58. The second-order valence-corrected chi connectivity index (χ2v) is 13.6. The molecule has 0 aliphatic heterocycles. The summed E-state index contributed by atoms with van der Waals surface area (Å²) in [6.07, 6.45) is 7.54. The molecule has 5 heterocycles. The van der Waals surface area contributed by atoms with Crippen molar-refractivity contribution in [2.45, 2.75) is 0 Å². The molecule has 0 saturated carbocycles. The smallest absolute Gasteiger partial charge is 0.142 e. The highest BCUT2D eigenvalue weighted by Gasteiger charge is 2.22. The molecule has 8 heteroatoms. The largest absolute Gasteiger partial charge is 0.310 e. The summed E-state index contributed by atoms with van der Waals surface area (Å²) in [6.45, 7) is 0. The predicted octanol–water partition coefficient (Wildman–Crippen LogP) is 11.1. The van der Waals surface area contributed by atoms with E-state index in [1.54, 1.807) is 12.4 Å². The third-order valence-corrected chi connectivity index (χ3v) is 10.4. The zero-order chi connectivity index (χ0) is 36.3. The van der Waals surface area contributed by atoms with Crippen molar-refractivity contribution < 1.29 is 0 Å². The van der Waals surface area contributed by atoms with E-state index in [2.05, 4.69) is 182 Å². The van der Waals surface area contributed by atoms with E-state index in [4.69, 9.17) is 4.98 Å². The fourth-order valence-electron chi connectivity index (χ4n) is 8.02. The van der Waals surface area contributed by atoms with E-state index in [0.717, 1.165) is 62.1 Å². The van der Waals surface area contributed by atoms with E-state index in [1.807, 2.05) is 33.9 Å². The first-order valence-corrected chi connectivity index (χ1v) is 18.3. The highest BCUT2D eigenvalue weighted by atomic mass is 15.3. The summed E-state index contributed by atoms with van der Waals surface area (Å²) in [6, 6.07) is 59.6. The number of fused-ring (bicyclic) bond motifs is 6. The fourth-order valence-corrected chi connectivity index (χ4v) is 8.02. The van der Waals surface area contributed by atoms with Gasteiger partial charge in [0.15, 0.2) is 0 Å². The van der Waals surface area contributed by atoms with Crippen LogP contribution in [0.2, 0.25) is 0 Å². The molecular weight excluding hydrogens is 677 g/mol. The van der Waals surface area contributed by atoms with Crippen molar-refractivity contribution >= 4 is 60.7 Å². The lowest BCUT2D eigenvalue weighted by Crippen LogP contribution is -2.14. The van der Waals surface area contributed by atoms with Crippen LogP contribution in [0.5, 0.6) is 0 Å². The molecule has 0 fully saturated rings. The van der Waals surface area contributed by atoms with E-state index >= 15 is 0 Å². The van der Waals surface area contributed by atoms with E-state index in [0.29, 0.717) is 0 Å². The number of pyridine rings is 1. The van der Waals surface area contributed by atoms with Crippen LogP contribution in [0.1, 0.15) is 0 Å². The Hall–Kier alpha value is -7.71. The van der Waals surface area contributed by atoms with Gasteiger partial charge in [0.05, 0.1) is 39.1 Å². The Kier molecular flexibility index (Phi) is 6.99. The molecule has 6 aromatic carbocycles. The van der Waals surface area contributed by atoms with Gasteiger partial charge in [0.2, 0.25) is 0 Å². The van der Waals surface area contributed by atoms with Gasteiger partial charge in [-0.3, -0.25) is 9.13 Å². The first-order chi connectivity index (χ1) is 27.3. The molecular formula is C47H32N8. The average molecular weight is 709 g/mol. The molecule has 0 saturated heterocycles. The number of anilines is 3. The predicted molar refractivity (Wildman–Crippen MR) is 222 cm³/mol. The van der Waals surface area contributed by atoms with Crippen molar-refractivity contribution in [2.24, 2.45) is 0 Å². The molecule has 8 nitrogen and oxygen atoms in total. The van der Waals surface area contributed by atoms with E-state index in [-0.39, 0.29) is 0 Å². The molecule has 0 unspecified atom stereocenters. The standard InChI is InChI=1S/C47H32N8/c1-5-21-42-38(17-1)39-18-2-6-22-43(39)54(42)46-31-37(32-47(50-46)55-44-23-7-3-19-40(44)41-20-4-8-24-45(41)55)53(35-15-9-13-33(29-35)51-27-11-25-48-51)36-16-10-14-34(30-36)52-28-12-26-49-52/h1-32H. The number of rotatable bonds is 7. The number of nitrogens with zero attached hydrogens (tertiary/aromatic N) is 8. The van der Waals surface area contributed by atoms with Gasteiger partial charge in [-0.15, -0.1) is 0 Å². The van der Waals surface area contributed by atoms with Gasteiger partial charge in [-0.05, 0) is 72.8 Å². The van der Waals surface area contributed by atoms with Gasteiger partial charge in [-0.25, -0.2) is 14.3 Å². The van der Waals surface area contributed by atoms with Gasteiger partial charge < -0.3 is 4.90 Å². The van der Waals surface area contributed by atoms with Crippen molar-refractivity contribution in [2.75, 3.05) is 4.90 Å². The van der Waals surface area contributed by atoms with Gasteiger partial charge >= 0.3 is 0 Å². The van der Waals surface area contributed by atoms with Crippen LogP contribution in [-0.2, 0) is 0 Å². The average Bonchev–Trinajstić information content (AvgIpc) is 4.07. The van der Waals surface area contributed by atoms with Gasteiger partial charge in [0.25, 0.3) is 0 Å². The van der Waals surface area contributed by atoms with Crippen LogP contribution >= 0.6 is 0 Å². The van der Waals surface area contributed by atoms with Crippen LogP contribution in [0.15, 0.2) is 195 Å². The third kappa shape index (κ3) is 5.04. The molecule has 0 aliphatic rings. The molecule has 0 amide bonds. The monoisotopic (exact) mass is 708 g/mol. The second-order valence-electron chi connectivity index (χ2n) is 13.6. The molecule has 260 valence electrons. The van der Waals surface area contributed by atoms with E-state index < -0.39 is 0 Å². The molecule has 0 spiro atoms. The maximum Gasteiger partial charge on any atom is 0.142 e. The first-order valence-electron chi connectivity index (χ1n) is 18.3. The second kappa shape index (κ2) is 12.5. The Morgan fingerprint density at radius 2 is 0.764 bits per heavy atom. The maximum absolute atomic E-state index is 5.58. The lowest BCUT2D eigenvalue weighted by atomic mass is 10.1. The first kappa shape index (κ1) is 30.9. The number of aromatic nitrogens is 7. The van der Waals surface area contributed by atoms with Crippen molar-refractivity contribution in [3.8, 4) is 23.0 Å². The highest BCUT2D eigenvalue weighted by molar-refractivity contribution is 6.10. The van der Waals surface area contributed by atoms with Gasteiger partial charge in [-0.1, -0.05) is 84.9 Å². The Morgan fingerprint density at radius 1 is 0.364 bits per heavy atom. The molecule has 0 bridgehead atoms. The van der Waals surface area contributed by atoms with Gasteiger partial charge in [-0.2, -0.15) is 10.2 Å². The summed E-state index contributed by atoms with van der Waals surface area (Å²) in [5, 5.41) is 13.8. The molecule has 11 rings (SSSR count). The van der Waals surface area contributed by atoms with Crippen LogP contribution in [0, 0.1) is 0 Å². The minimum atomic E-state index is 0.809. The minimum absolute atomic E-state index is 0.809. The van der Waals surface area contributed by atoms with Crippen molar-refractivity contribution in [1.29, 1.82) is 0 Å². The van der Waals surface area contributed by atoms with Crippen LogP contribution < -0.4 is 4.90 Å². The van der Waals surface area contributed by atoms with Gasteiger partial charge in [0, 0.05) is 69.8 Å². The van der Waals surface area contributed by atoms with E-state index in [9.17, 15) is 0 Å². The fraction of sp³-hybridized carbons (Fsp3) is 0. The Morgan fingerprint density at radius 3 is 1.15 bits per heavy atom. The van der Waals surface area contributed by atoms with Crippen molar-refractivity contribution in [1.82, 2.24) is 33.7 Å². The summed E-state index contributed by atoms with van der Waals surface area (Å²) < 4.78 is 8.37. The Bertz CT molecular complexity index is 2850. The summed E-state index contributed by atoms with van der Waals surface area (Å²) in [5.74, 6) is 1.62. The van der Waals surface area contributed by atoms with Crippen molar-refractivity contribution in [3.63, 3.8) is 0 Å². The highest BCUT2D eigenvalue weighted by Crippen LogP contribution is 2.41. The lowest BCUT2D eigenvalue weighted by Gasteiger charge is -2.27. The quantitative estimate of drug-likeness (QED) is 0.165. The molecule has 0 N–H and O–H groups in total. The molecule has 0 atom stereocenters. The summed E-state index contributed by atoms with van der Waals surface area (Å²) in [5.41, 5.74) is 9.16. The number of benzene rings is 6. The summed E-state index contributed by atoms with van der Waals surface area (Å²) in [4.78, 5) is 7.88. The van der Waals surface area contributed by atoms with Crippen molar-refractivity contribution in [3.05, 3.63) is 195 Å². The zero-order valence-corrected chi connectivity index (χ0v) is 29.6. The third-order valence-electron chi connectivity index (χ3n) is 10.4. The normalized spacial score (nSPS) is 11.6. The molecule has 11 aromatic rings. The van der Waals surface area contributed by atoms with Crippen LogP contribution in [0.4, 0.5) is 17.1 Å². The topological polar surface area (TPSA) is 61.6 Å². The zero-order valence-electron chi connectivity index (χ0n) is 29.6. The summed E-state index contributed by atoms with van der Waals surface area (Å²) >= 11 is 0.